The second-order valence-electron chi connectivity index (χ2n) is 5.53. The molecular formula is C15H22Cl2N2. The lowest BCUT2D eigenvalue weighted by Gasteiger charge is -2.27. The molecule has 0 radical (unpaired) electrons. The van der Waals surface area contributed by atoms with Gasteiger partial charge in [0.2, 0.25) is 0 Å². The van der Waals surface area contributed by atoms with Crippen LogP contribution in [-0.4, -0.2) is 9.97 Å². The van der Waals surface area contributed by atoms with Crippen molar-refractivity contribution in [3.63, 3.8) is 0 Å². The molecule has 1 saturated carbocycles. The summed E-state index contributed by atoms with van der Waals surface area (Å²) >= 11 is 12.5. The van der Waals surface area contributed by atoms with Crippen LogP contribution in [0, 0.1) is 5.92 Å². The summed E-state index contributed by atoms with van der Waals surface area (Å²) < 4.78 is 0. The van der Waals surface area contributed by atoms with E-state index in [2.05, 4.69) is 23.8 Å². The van der Waals surface area contributed by atoms with Gasteiger partial charge in [0.25, 0.3) is 0 Å². The van der Waals surface area contributed by atoms with Crippen molar-refractivity contribution >= 4 is 23.2 Å². The Morgan fingerprint density at radius 2 is 1.79 bits per heavy atom. The van der Waals surface area contributed by atoms with E-state index in [0.29, 0.717) is 16.2 Å². The van der Waals surface area contributed by atoms with Crippen molar-refractivity contribution in [2.75, 3.05) is 0 Å². The summed E-state index contributed by atoms with van der Waals surface area (Å²) in [6, 6.07) is 0. The highest BCUT2D eigenvalue weighted by molar-refractivity contribution is 6.34. The van der Waals surface area contributed by atoms with Gasteiger partial charge >= 0.3 is 0 Å². The topological polar surface area (TPSA) is 25.8 Å². The molecule has 0 aromatic carbocycles. The molecule has 0 bridgehead atoms. The van der Waals surface area contributed by atoms with Crippen LogP contribution >= 0.6 is 23.2 Å². The molecule has 1 aliphatic rings. The third-order valence-corrected chi connectivity index (χ3v) is 4.77. The smallest absolute Gasteiger partial charge is 0.137 e. The van der Waals surface area contributed by atoms with Gasteiger partial charge in [-0.2, -0.15) is 0 Å². The molecule has 2 nitrogen and oxygen atoms in total. The van der Waals surface area contributed by atoms with Gasteiger partial charge in [0.15, 0.2) is 0 Å². The summed E-state index contributed by atoms with van der Waals surface area (Å²) in [4.78, 5) is 9.03. The summed E-state index contributed by atoms with van der Waals surface area (Å²) in [7, 11) is 0. The first kappa shape index (κ1) is 15.1. The maximum atomic E-state index is 6.27. The van der Waals surface area contributed by atoms with Crippen LogP contribution in [0.3, 0.4) is 0 Å². The molecule has 0 N–H and O–H groups in total. The standard InChI is InChI=1S/C15H22Cl2N2/c1-3-6-12-13(16)18-15(19-14(12)17)11-8-5-7-10(4-2)9-11/h10-11H,3-9H2,1-2H3. The monoisotopic (exact) mass is 300 g/mol. The number of hydrogen-bond acceptors (Lipinski definition) is 2. The Hall–Kier alpha value is -0.340. The predicted octanol–water partition coefficient (Wildman–Crippen LogP) is 5.42. The fourth-order valence-electron chi connectivity index (χ4n) is 2.98. The fraction of sp³-hybridized carbons (Fsp3) is 0.733. The normalized spacial score (nSPS) is 23.6. The lowest BCUT2D eigenvalue weighted by atomic mass is 9.80. The first-order valence-electron chi connectivity index (χ1n) is 7.37. The number of hydrogen-bond donors (Lipinski definition) is 0. The van der Waals surface area contributed by atoms with Crippen molar-refractivity contribution in [3.8, 4) is 0 Å². The molecular weight excluding hydrogens is 279 g/mol. The molecule has 2 atom stereocenters. The average molecular weight is 301 g/mol. The summed E-state index contributed by atoms with van der Waals surface area (Å²) in [6.45, 7) is 4.37. The zero-order valence-electron chi connectivity index (χ0n) is 11.8. The molecule has 0 spiro atoms. The van der Waals surface area contributed by atoms with Gasteiger partial charge in [0.1, 0.15) is 16.1 Å². The minimum Gasteiger partial charge on any atom is -0.221 e. The SMILES string of the molecule is CCCc1c(Cl)nc(C2CCCC(CC)C2)nc1Cl. The third kappa shape index (κ3) is 3.61. The maximum absolute atomic E-state index is 6.27. The van der Waals surface area contributed by atoms with Crippen LogP contribution in [0.4, 0.5) is 0 Å². The zero-order valence-corrected chi connectivity index (χ0v) is 13.3. The summed E-state index contributed by atoms with van der Waals surface area (Å²) in [5.74, 6) is 2.09. The number of rotatable bonds is 4. The van der Waals surface area contributed by atoms with Crippen LogP contribution in [-0.2, 0) is 6.42 Å². The highest BCUT2D eigenvalue weighted by Gasteiger charge is 2.25. The molecule has 19 heavy (non-hydrogen) atoms. The van der Waals surface area contributed by atoms with Crippen molar-refractivity contribution in [2.24, 2.45) is 5.92 Å². The lowest BCUT2D eigenvalue weighted by molar-refractivity contribution is 0.307. The van der Waals surface area contributed by atoms with E-state index in [4.69, 9.17) is 23.2 Å². The van der Waals surface area contributed by atoms with Crippen molar-refractivity contribution in [2.45, 2.75) is 64.7 Å². The summed E-state index contributed by atoms with van der Waals surface area (Å²) in [5, 5.41) is 1.10. The molecule has 1 aliphatic carbocycles. The average Bonchev–Trinajstić information content (AvgIpc) is 2.42. The van der Waals surface area contributed by atoms with Gasteiger partial charge in [-0.25, -0.2) is 9.97 Å². The Bertz CT molecular complexity index is 411. The van der Waals surface area contributed by atoms with Gasteiger partial charge in [-0.3, -0.25) is 0 Å². The third-order valence-electron chi connectivity index (χ3n) is 4.15. The van der Waals surface area contributed by atoms with Crippen LogP contribution in [0.2, 0.25) is 10.3 Å². The van der Waals surface area contributed by atoms with Gasteiger partial charge in [0.05, 0.1) is 0 Å². The largest absolute Gasteiger partial charge is 0.221 e. The summed E-state index contributed by atoms with van der Waals surface area (Å²) in [5.41, 5.74) is 0.900. The van der Waals surface area contributed by atoms with E-state index in [1.165, 1.54) is 25.7 Å². The van der Waals surface area contributed by atoms with Crippen molar-refractivity contribution in [3.05, 3.63) is 21.7 Å². The second-order valence-corrected chi connectivity index (χ2v) is 6.25. The van der Waals surface area contributed by atoms with Crippen LogP contribution in [0.25, 0.3) is 0 Å². The molecule has 0 aliphatic heterocycles. The molecule has 0 saturated heterocycles. The molecule has 2 rings (SSSR count). The maximum Gasteiger partial charge on any atom is 0.137 e. The molecule has 4 heteroatoms. The van der Waals surface area contributed by atoms with E-state index in [1.807, 2.05) is 0 Å². The lowest BCUT2D eigenvalue weighted by Crippen LogP contribution is -2.16. The van der Waals surface area contributed by atoms with E-state index in [-0.39, 0.29) is 0 Å². The van der Waals surface area contributed by atoms with Gasteiger partial charge < -0.3 is 0 Å². The minimum absolute atomic E-state index is 0.435. The zero-order chi connectivity index (χ0) is 13.8. The molecule has 1 fully saturated rings. The van der Waals surface area contributed by atoms with Crippen molar-refractivity contribution in [1.29, 1.82) is 0 Å². The number of nitrogens with zero attached hydrogens (tertiary/aromatic N) is 2. The van der Waals surface area contributed by atoms with Crippen LogP contribution in [0.1, 0.15) is 69.7 Å². The Balaban J connectivity index is 2.21. The molecule has 1 aromatic rings. The van der Waals surface area contributed by atoms with E-state index in [1.54, 1.807) is 0 Å². The summed E-state index contributed by atoms with van der Waals surface area (Å²) in [6.07, 6.45) is 8.03. The van der Waals surface area contributed by atoms with Gasteiger partial charge in [-0.15, -0.1) is 0 Å². The Morgan fingerprint density at radius 1 is 1.11 bits per heavy atom. The first-order valence-corrected chi connectivity index (χ1v) is 8.13. The van der Waals surface area contributed by atoms with Crippen LogP contribution in [0.15, 0.2) is 0 Å². The highest BCUT2D eigenvalue weighted by atomic mass is 35.5. The van der Waals surface area contributed by atoms with E-state index >= 15 is 0 Å². The Morgan fingerprint density at radius 3 is 2.37 bits per heavy atom. The predicted molar refractivity (Wildman–Crippen MR) is 81.0 cm³/mol. The van der Waals surface area contributed by atoms with Gasteiger partial charge in [0, 0.05) is 11.5 Å². The number of aromatic nitrogens is 2. The molecule has 2 unspecified atom stereocenters. The number of halogens is 2. The fourth-order valence-corrected chi connectivity index (χ4v) is 3.57. The van der Waals surface area contributed by atoms with Crippen molar-refractivity contribution < 1.29 is 0 Å². The van der Waals surface area contributed by atoms with Crippen molar-refractivity contribution in [1.82, 2.24) is 9.97 Å². The van der Waals surface area contributed by atoms with Crippen LogP contribution < -0.4 is 0 Å². The van der Waals surface area contributed by atoms with Gasteiger partial charge in [-0.1, -0.05) is 62.7 Å². The minimum atomic E-state index is 0.435. The quantitative estimate of drug-likeness (QED) is 0.694. The Kier molecular flexibility index (Phi) is 5.47. The highest BCUT2D eigenvalue weighted by Crippen LogP contribution is 2.37. The Labute approximate surface area is 125 Å². The molecule has 0 amide bonds. The van der Waals surface area contributed by atoms with Gasteiger partial charge in [-0.05, 0) is 25.2 Å². The van der Waals surface area contributed by atoms with Crippen LogP contribution in [0.5, 0.6) is 0 Å². The first-order chi connectivity index (χ1) is 9.15. The van der Waals surface area contributed by atoms with E-state index in [0.717, 1.165) is 36.6 Å². The second kappa shape index (κ2) is 6.90. The van der Waals surface area contributed by atoms with E-state index in [9.17, 15) is 0 Å². The van der Waals surface area contributed by atoms with E-state index < -0.39 is 0 Å². The molecule has 1 heterocycles. The molecule has 106 valence electrons. The molecule has 1 aromatic heterocycles.